The minimum Gasteiger partial charge on any atom is -0.465 e. The summed E-state index contributed by atoms with van der Waals surface area (Å²) in [7, 11) is 1.37. The van der Waals surface area contributed by atoms with E-state index in [1.807, 2.05) is 18.3 Å². The van der Waals surface area contributed by atoms with E-state index >= 15 is 0 Å². The molecule has 156 valence electrons. The minimum absolute atomic E-state index is 0.364. The van der Waals surface area contributed by atoms with Crippen LogP contribution in [0.3, 0.4) is 0 Å². The number of hydrogen-bond donors (Lipinski definition) is 0. The summed E-state index contributed by atoms with van der Waals surface area (Å²) in [6.45, 7) is 1.69. The van der Waals surface area contributed by atoms with Gasteiger partial charge in [0.1, 0.15) is 0 Å². The fraction of sp³-hybridized carbons (Fsp3) is 0.391. The second-order valence-electron chi connectivity index (χ2n) is 7.56. The van der Waals surface area contributed by atoms with Gasteiger partial charge in [-0.25, -0.2) is 4.79 Å². The highest BCUT2D eigenvalue weighted by Gasteiger charge is 2.24. The number of methoxy groups -OCH3 is 1. The second-order valence-corrected chi connectivity index (χ2v) is 7.56. The molecule has 0 spiro atoms. The summed E-state index contributed by atoms with van der Waals surface area (Å²) >= 11 is 0. The zero-order valence-electron chi connectivity index (χ0n) is 17.2. The van der Waals surface area contributed by atoms with Gasteiger partial charge in [0.2, 0.25) is 11.7 Å². The molecule has 1 saturated heterocycles. The third kappa shape index (κ3) is 4.91. The monoisotopic (exact) mass is 406 g/mol. The molecule has 1 aliphatic rings. The van der Waals surface area contributed by atoms with Crippen molar-refractivity contribution in [2.75, 3.05) is 13.7 Å². The number of likely N-dealkylation sites (tertiary alicyclic amines) is 1. The summed E-state index contributed by atoms with van der Waals surface area (Å²) in [5, 5.41) is 4.13. The number of carbonyl (C=O) groups excluding carboxylic acids is 1. The van der Waals surface area contributed by atoms with E-state index in [2.05, 4.69) is 26.1 Å². The van der Waals surface area contributed by atoms with Crippen LogP contribution in [0.25, 0.3) is 11.4 Å². The Balaban J connectivity index is 1.39. The number of piperidine rings is 1. The van der Waals surface area contributed by atoms with Crippen LogP contribution >= 0.6 is 0 Å². The molecule has 1 fully saturated rings. The second kappa shape index (κ2) is 9.63. The Kier molecular flexibility index (Phi) is 6.49. The molecule has 3 aromatic rings. The molecular weight excluding hydrogens is 380 g/mol. The van der Waals surface area contributed by atoms with E-state index in [0.717, 1.165) is 30.6 Å². The maximum absolute atomic E-state index is 11.6. The molecule has 7 nitrogen and oxygen atoms in total. The van der Waals surface area contributed by atoms with Gasteiger partial charge < -0.3 is 9.26 Å². The molecule has 3 heterocycles. The van der Waals surface area contributed by atoms with Crippen molar-refractivity contribution in [2.24, 2.45) is 0 Å². The standard InChI is InChI=1S/C23H26N4O3/c1-29-23(28)18-10-8-17(9-11-18)22-25-21(30-26-22)16-27-15-5-3-7-20(27)13-12-19-6-2-4-14-24-19/h2,4,6,8-11,14,20H,3,5,7,12-13,15-16H2,1H3/t20-/m0/s1. The average Bonchev–Trinajstić information content (AvgIpc) is 3.27. The topological polar surface area (TPSA) is 81.4 Å². The summed E-state index contributed by atoms with van der Waals surface area (Å²) in [5.41, 5.74) is 2.44. The van der Waals surface area contributed by atoms with Gasteiger partial charge in [0.15, 0.2) is 0 Å². The van der Waals surface area contributed by atoms with Crippen LogP contribution in [0.2, 0.25) is 0 Å². The van der Waals surface area contributed by atoms with Crippen molar-refractivity contribution >= 4 is 5.97 Å². The van der Waals surface area contributed by atoms with Crippen LogP contribution in [0.1, 0.15) is 47.6 Å². The van der Waals surface area contributed by atoms with Crippen molar-refractivity contribution < 1.29 is 14.1 Å². The van der Waals surface area contributed by atoms with Crippen LogP contribution in [0.15, 0.2) is 53.2 Å². The number of aryl methyl sites for hydroxylation is 1. The van der Waals surface area contributed by atoms with E-state index in [4.69, 9.17) is 9.26 Å². The molecule has 0 unspecified atom stereocenters. The van der Waals surface area contributed by atoms with Gasteiger partial charge in [0.25, 0.3) is 0 Å². The number of nitrogens with zero attached hydrogens (tertiary/aromatic N) is 4. The van der Waals surface area contributed by atoms with Crippen molar-refractivity contribution in [3.8, 4) is 11.4 Å². The molecule has 30 heavy (non-hydrogen) atoms. The Morgan fingerprint density at radius 3 is 2.83 bits per heavy atom. The quantitative estimate of drug-likeness (QED) is 0.550. The zero-order chi connectivity index (χ0) is 20.8. The number of benzene rings is 1. The average molecular weight is 406 g/mol. The summed E-state index contributed by atoms with van der Waals surface area (Å²) in [6, 6.07) is 13.6. The van der Waals surface area contributed by atoms with Crippen LogP contribution in [0.4, 0.5) is 0 Å². The van der Waals surface area contributed by atoms with Crippen molar-refractivity contribution in [1.82, 2.24) is 20.0 Å². The van der Waals surface area contributed by atoms with E-state index in [9.17, 15) is 4.79 Å². The van der Waals surface area contributed by atoms with Crippen molar-refractivity contribution in [1.29, 1.82) is 0 Å². The molecule has 0 amide bonds. The fourth-order valence-electron chi connectivity index (χ4n) is 3.94. The van der Waals surface area contributed by atoms with Gasteiger partial charge in [0, 0.05) is 23.5 Å². The lowest BCUT2D eigenvalue weighted by Gasteiger charge is -2.34. The van der Waals surface area contributed by atoms with Crippen LogP contribution < -0.4 is 0 Å². The first-order valence-electron chi connectivity index (χ1n) is 10.4. The van der Waals surface area contributed by atoms with E-state index in [1.54, 1.807) is 24.3 Å². The number of pyridine rings is 1. The van der Waals surface area contributed by atoms with Crippen LogP contribution in [0.5, 0.6) is 0 Å². The predicted molar refractivity (Wildman–Crippen MR) is 112 cm³/mol. The lowest BCUT2D eigenvalue weighted by Crippen LogP contribution is -2.39. The molecule has 1 atom stereocenters. The lowest BCUT2D eigenvalue weighted by atomic mass is 9.97. The predicted octanol–water partition coefficient (Wildman–Crippen LogP) is 3.91. The Bertz CT molecular complexity index is 956. The van der Waals surface area contributed by atoms with Gasteiger partial charge in [-0.3, -0.25) is 9.88 Å². The van der Waals surface area contributed by atoms with Gasteiger partial charge in [-0.05, 0) is 56.5 Å². The largest absolute Gasteiger partial charge is 0.465 e. The highest BCUT2D eigenvalue weighted by molar-refractivity contribution is 5.89. The summed E-state index contributed by atoms with van der Waals surface area (Å²) in [6.07, 6.45) is 7.53. The van der Waals surface area contributed by atoms with Gasteiger partial charge >= 0.3 is 5.97 Å². The molecular formula is C23H26N4O3. The Morgan fingerprint density at radius 1 is 1.20 bits per heavy atom. The molecule has 2 aromatic heterocycles. The summed E-state index contributed by atoms with van der Waals surface area (Å²) in [5.74, 6) is 0.785. The van der Waals surface area contributed by atoms with Gasteiger partial charge in [-0.1, -0.05) is 29.8 Å². The van der Waals surface area contributed by atoms with E-state index in [0.29, 0.717) is 29.9 Å². The highest BCUT2D eigenvalue weighted by atomic mass is 16.5. The molecule has 0 N–H and O–H groups in total. The minimum atomic E-state index is -0.364. The van der Waals surface area contributed by atoms with E-state index in [-0.39, 0.29) is 5.97 Å². The summed E-state index contributed by atoms with van der Waals surface area (Å²) < 4.78 is 10.3. The number of hydrogen-bond acceptors (Lipinski definition) is 7. The van der Waals surface area contributed by atoms with Crippen LogP contribution in [-0.4, -0.2) is 45.7 Å². The molecule has 0 radical (unpaired) electrons. The Morgan fingerprint density at radius 2 is 2.07 bits per heavy atom. The summed E-state index contributed by atoms with van der Waals surface area (Å²) in [4.78, 5) is 23.0. The molecule has 0 bridgehead atoms. The number of rotatable bonds is 7. The first-order chi connectivity index (χ1) is 14.7. The molecule has 4 rings (SSSR count). The third-order valence-electron chi connectivity index (χ3n) is 5.58. The maximum Gasteiger partial charge on any atom is 0.337 e. The normalized spacial score (nSPS) is 17.0. The molecule has 1 aliphatic heterocycles. The van der Waals surface area contributed by atoms with Crippen LogP contribution in [-0.2, 0) is 17.7 Å². The van der Waals surface area contributed by atoms with Crippen molar-refractivity contribution in [3.63, 3.8) is 0 Å². The molecule has 0 saturated carbocycles. The maximum atomic E-state index is 11.6. The third-order valence-corrected chi connectivity index (χ3v) is 5.58. The van der Waals surface area contributed by atoms with Gasteiger partial charge in [0.05, 0.1) is 19.2 Å². The fourth-order valence-corrected chi connectivity index (χ4v) is 3.94. The molecule has 1 aromatic carbocycles. The first kappa shape index (κ1) is 20.2. The number of aromatic nitrogens is 3. The number of esters is 1. The Hall–Kier alpha value is -3.06. The van der Waals surface area contributed by atoms with Gasteiger partial charge in [-0.15, -0.1) is 0 Å². The molecule has 0 aliphatic carbocycles. The molecule has 7 heteroatoms. The van der Waals surface area contributed by atoms with Crippen molar-refractivity contribution in [2.45, 2.75) is 44.7 Å². The SMILES string of the molecule is COC(=O)c1ccc(-c2noc(CN3CCCC[C@H]3CCc3ccccn3)n2)cc1. The van der Waals surface area contributed by atoms with Gasteiger partial charge in [-0.2, -0.15) is 4.98 Å². The zero-order valence-corrected chi connectivity index (χ0v) is 17.2. The smallest absolute Gasteiger partial charge is 0.337 e. The van der Waals surface area contributed by atoms with E-state index < -0.39 is 0 Å². The van der Waals surface area contributed by atoms with Crippen molar-refractivity contribution in [3.05, 3.63) is 65.8 Å². The van der Waals surface area contributed by atoms with E-state index in [1.165, 1.54) is 26.4 Å². The number of ether oxygens (including phenoxy) is 1. The number of carbonyl (C=O) groups is 1. The first-order valence-corrected chi connectivity index (χ1v) is 10.4. The Labute approximate surface area is 176 Å². The highest BCUT2D eigenvalue weighted by Crippen LogP contribution is 2.24. The van der Waals surface area contributed by atoms with Crippen LogP contribution in [0, 0.1) is 0 Å². The lowest BCUT2D eigenvalue weighted by molar-refractivity contribution is 0.0600.